The fraction of sp³-hybridized carbons (Fsp3) is 0.174. The van der Waals surface area contributed by atoms with Crippen molar-refractivity contribution in [3.8, 4) is 0 Å². The Morgan fingerprint density at radius 3 is 2.25 bits per heavy atom. The lowest BCUT2D eigenvalue weighted by Gasteiger charge is -2.24. The third kappa shape index (κ3) is 4.97. The van der Waals surface area contributed by atoms with Crippen LogP contribution >= 0.6 is 11.6 Å². The van der Waals surface area contributed by atoms with E-state index in [1.54, 1.807) is 6.92 Å². The first-order valence-corrected chi connectivity index (χ1v) is 9.45. The molecule has 0 aliphatic heterocycles. The van der Waals surface area contributed by atoms with Gasteiger partial charge < -0.3 is 5.32 Å². The van der Waals surface area contributed by atoms with Gasteiger partial charge in [0.25, 0.3) is 0 Å². The van der Waals surface area contributed by atoms with Gasteiger partial charge in [-0.15, -0.1) is 0 Å². The molecule has 2 N–H and O–H groups in total. The first-order valence-electron chi connectivity index (χ1n) is 9.07. The molecule has 0 radical (unpaired) electrons. The van der Waals surface area contributed by atoms with Crippen molar-refractivity contribution in [1.82, 2.24) is 5.32 Å². The van der Waals surface area contributed by atoms with Crippen molar-refractivity contribution in [2.75, 3.05) is 5.32 Å². The number of carbonyl (C=O) groups is 1. The van der Waals surface area contributed by atoms with Crippen molar-refractivity contribution in [2.24, 2.45) is 0 Å². The lowest BCUT2D eigenvalue weighted by molar-refractivity contribution is -0.117. The summed E-state index contributed by atoms with van der Waals surface area (Å²) in [6.07, 6.45) is 0. The Hall–Kier alpha value is -2.69. The molecular formula is C23H22ClFN2O. The van der Waals surface area contributed by atoms with E-state index in [0.717, 1.165) is 11.1 Å². The molecule has 0 fully saturated rings. The highest BCUT2D eigenvalue weighted by molar-refractivity contribution is 6.33. The van der Waals surface area contributed by atoms with E-state index in [9.17, 15) is 9.18 Å². The SMILES string of the molecule is Cc1ccc([C@H](N[C@@H](C)C(=O)Nc2ccc(F)cc2Cl)c2ccccc2)cc1. The zero-order chi connectivity index (χ0) is 20.1. The molecule has 0 saturated heterocycles. The molecule has 5 heteroatoms. The molecule has 0 aromatic heterocycles. The highest BCUT2D eigenvalue weighted by Gasteiger charge is 2.21. The average Bonchev–Trinajstić information content (AvgIpc) is 2.69. The lowest BCUT2D eigenvalue weighted by Crippen LogP contribution is -2.40. The Bertz CT molecular complexity index is 945. The van der Waals surface area contributed by atoms with Gasteiger partial charge in [-0.05, 0) is 43.2 Å². The molecule has 0 aliphatic rings. The van der Waals surface area contributed by atoms with Gasteiger partial charge in [-0.3, -0.25) is 10.1 Å². The molecular weight excluding hydrogens is 375 g/mol. The van der Waals surface area contributed by atoms with Crippen molar-refractivity contribution in [2.45, 2.75) is 25.9 Å². The Kier molecular flexibility index (Phi) is 6.45. The molecule has 0 unspecified atom stereocenters. The van der Waals surface area contributed by atoms with Crippen molar-refractivity contribution in [1.29, 1.82) is 0 Å². The zero-order valence-electron chi connectivity index (χ0n) is 15.7. The van der Waals surface area contributed by atoms with Crippen LogP contribution in [0.5, 0.6) is 0 Å². The molecule has 0 spiro atoms. The van der Waals surface area contributed by atoms with Gasteiger partial charge in [-0.1, -0.05) is 71.8 Å². The second kappa shape index (κ2) is 9.00. The van der Waals surface area contributed by atoms with Gasteiger partial charge in [-0.25, -0.2) is 4.39 Å². The number of hydrogen-bond acceptors (Lipinski definition) is 2. The molecule has 3 aromatic carbocycles. The summed E-state index contributed by atoms with van der Waals surface area (Å²) in [6, 6.07) is 21.4. The summed E-state index contributed by atoms with van der Waals surface area (Å²) in [4.78, 5) is 12.7. The number of halogens is 2. The van der Waals surface area contributed by atoms with Crippen LogP contribution in [-0.2, 0) is 4.79 Å². The van der Waals surface area contributed by atoms with E-state index in [0.29, 0.717) is 5.69 Å². The number of benzene rings is 3. The number of nitrogens with one attached hydrogen (secondary N) is 2. The van der Waals surface area contributed by atoms with E-state index in [-0.39, 0.29) is 17.0 Å². The second-order valence-corrected chi connectivity index (χ2v) is 7.16. The van der Waals surface area contributed by atoms with Gasteiger partial charge in [0, 0.05) is 0 Å². The van der Waals surface area contributed by atoms with Crippen LogP contribution in [0.25, 0.3) is 0 Å². The molecule has 0 bridgehead atoms. The standard InChI is InChI=1S/C23H22ClFN2O/c1-15-8-10-18(11-9-15)22(17-6-4-3-5-7-17)26-16(2)23(28)27-21-13-12-19(25)14-20(21)24/h3-14,16,22,26H,1-2H3,(H,27,28)/t16-,22+/m0/s1. The third-order valence-electron chi connectivity index (χ3n) is 4.54. The van der Waals surface area contributed by atoms with Gasteiger partial charge in [0.05, 0.1) is 22.8 Å². The molecule has 0 saturated carbocycles. The maximum atomic E-state index is 13.2. The van der Waals surface area contributed by atoms with E-state index in [1.165, 1.54) is 23.8 Å². The summed E-state index contributed by atoms with van der Waals surface area (Å²) < 4.78 is 13.2. The van der Waals surface area contributed by atoms with Crippen LogP contribution in [0.2, 0.25) is 5.02 Å². The zero-order valence-corrected chi connectivity index (χ0v) is 16.5. The summed E-state index contributed by atoms with van der Waals surface area (Å²) in [5.41, 5.74) is 3.68. The topological polar surface area (TPSA) is 41.1 Å². The molecule has 3 rings (SSSR count). The summed E-state index contributed by atoms with van der Waals surface area (Å²) >= 11 is 6.02. The van der Waals surface area contributed by atoms with Crippen molar-refractivity contribution in [3.05, 3.63) is 100 Å². The minimum absolute atomic E-state index is 0.147. The fourth-order valence-electron chi connectivity index (χ4n) is 2.95. The summed E-state index contributed by atoms with van der Waals surface area (Å²) in [5.74, 6) is -0.695. The van der Waals surface area contributed by atoms with Gasteiger partial charge in [0.1, 0.15) is 5.82 Å². The van der Waals surface area contributed by atoms with Gasteiger partial charge >= 0.3 is 0 Å². The molecule has 0 heterocycles. The number of anilines is 1. The third-order valence-corrected chi connectivity index (χ3v) is 4.86. The quantitative estimate of drug-likeness (QED) is 0.578. The first kappa shape index (κ1) is 20.1. The van der Waals surface area contributed by atoms with Gasteiger partial charge in [-0.2, -0.15) is 0 Å². The molecule has 3 aromatic rings. The van der Waals surface area contributed by atoms with E-state index < -0.39 is 11.9 Å². The smallest absolute Gasteiger partial charge is 0.241 e. The predicted octanol–water partition coefficient (Wildman–Crippen LogP) is 5.49. The maximum absolute atomic E-state index is 13.2. The number of rotatable bonds is 6. The molecule has 2 atom stereocenters. The van der Waals surface area contributed by atoms with Crippen molar-refractivity contribution in [3.63, 3.8) is 0 Å². The highest BCUT2D eigenvalue weighted by Crippen LogP contribution is 2.25. The Balaban J connectivity index is 1.79. The van der Waals surface area contributed by atoms with E-state index in [2.05, 4.69) is 34.9 Å². The molecule has 28 heavy (non-hydrogen) atoms. The number of carbonyl (C=O) groups excluding carboxylic acids is 1. The summed E-state index contributed by atoms with van der Waals surface area (Å²) in [7, 11) is 0. The molecule has 0 aliphatic carbocycles. The number of aryl methyl sites for hydroxylation is 1. The average molecular weight is 397 g/mol. The first-order chi connectivity index (χ1) is 13.4. The second-order valence-electron chi connectivity index (χ2n) is 6.76. The fourth-order valence-corrected chi connectivity index (χ4v) is 3.16. The highest BCUT2D eigenvalue weighted by atomic mass is 35.5. The number of amides is 1. The molecule has 3 nitrogen and oxygen atoms in total. The minimum Gasteiger partial charge on any atom is -0.323 e. The van der Waals surface area contributed by atoms with Gasteiger partial charge in [0.15, 0.2) is 0 Å². The van der Waals surface area contributed by atoms with E-state index in [1.807, 2.05) is 37.3 Å². The monoisotopic (exact) mass is 396 g/mol. The van der Waals surface area contributed by atoms with Gasteiger partial charge in [0.2, 0.25) is 5.91 Å². The number of hydrogen-bond donors (Lipinski definition) is 2. The Morgan fingerprint density at radius 2 is 1.61 bits per heavy atom. The largest absolute Gasteiger partial charge is 0.323 e. The molecule has 1 amide bonds. The van der Waals surface area contributed by atoms with E-state index >= 15 is 0 Å². The minimum atomic E-state index is -0.507. The Morgan fingerprint density at radius 1 is 0.964 bits per heavy atom. The van der Waals surface area contributed by atoms with Crippen LogP contribution in [0, 0.1) is 12.7 Å². The van der Waals surface area contributed by atoms with Crippen molar-refractivity contribution < 1.29 is 9.18 Å². The molecule has 144 valence electrons. The van der Waals surface area contributed by atoms with Crippen molar-refractivity contribution >= 4 is 23.2 Å². The summed E-state index contributed by atoms with van der Waals surface area (Å²) in [6.45, 7) is 3.83. The lowest BCUT2D eigenvalue weighted by atomic mass is 9.97. The van der Waals surface area contributed by atoms with Crippen LogP contribution in [0.15, 0.2) is 72.8 Å². The van der Waals surface area contributed by atoms with Crippen LogP contribution < -0.4 is 10.6 Å². The Labute approximate surface area is 169 Å². The predicted molar refractivity (Wildman–Crippen MR) is 112 cm³/mol. The maximum Gasteiger partial charge on any atom is 0.241 e. The summed E-state index contributed by atoms with van der Waals surface area (Å²) in [5, 5.41) is 6.31. The van der Waals surface area contributed by atoms with Crippen LogP contribution in [-0.4, -0.2) is 11.9 Å². The van der Waals surface area contributed by atoms with Crippen LogP contribution in [0.1, 0.15) is 29.7 Å². The van der Waals surface area contributed by atoms with Crippen LogP contribution in [0.3, 0.4) is 0 Å². The van der Waals surface area contributed by atoms with Crippen LogP contribution in [0.4, 0.5) is 10.1 Å². The van der Waals surface area contributed by atoms with E-state index in [4.69, 9.17) is 11.6 Å². The normalized spacial score (nSPS) is 13.0.